The number of nitrogens with zero attached hydrogens (tertiary/aromatic N) is 3. The van der Waals surface area contributed by atoms with Gasteiger partial charge in [0.1, 0.15) is 5.76 Å². The van der Waals surface area contributed by atoms with Gasteiger partial charge in [-0.05, 0) is 19.1 Å². The van der Waals surface area contributed by atoms with Crippen molar-refractivity contribution in [3.05, 3.63) is 24.2 Å². The van der Waals surface area contributed by atoms with Crippen LogP contribution in [0.4, 0.5) is 0 Å². The Hall–Kier alpha value is -1.37. The maximum Gasteiger partial charge on any atom is 0.236 e. The number of ether oxygens (including phenoxy) is 1. The molecule has 1 unspecified atom stereocenters. The van der Waals surface area contributed by atoms with Gasteiger partial charge in [0.2, 0.25) is 5.91 Å². The molecule has 6 nitrogen and oxygen atoms in total. The topological polar surface area (TPSA) is 49.2 Å². The summed E-state index contributed by atoms with van der Waals surface area (Å²) in [5.41, 5.74) is 0. The van der Waals surface area contributed by atoms with Crippen LogP contribution in [0.15, 0.2) is 22.8 Å². The zero-order valence-electron chi connectivity index (χ0n) is 13.8. The zero-order chi connectivity index (χ0) is 15.9. The average molecular weight is 309 g/mol. The number of methoxy groups -OCH3 is 1. The van der Waals surface area contributed by atoms with E-state index in [1.807, 2.05) is 19.2 Å². The molecule has 6 heteroatoms. The maximum absolute atomic E-state index is 12.3. The van der Waals surface area contributed by atoms with Crippen molar-refractivity contribution in [2.45, 2.75) is 19.5 Å². The van der Waals surface area contributed by atoms with Crippen LogP contribution in [-0.4, -0.2) is 80.1 Å². The van der Waals surface area contributed by atoms with Gasteiger partial charge in [-0.1, -0.05) is 0 Å². The molecule has 1 aliphatic rings. The van der Waals surface area contributed by atoms with Crippen LogP contribution in [0.5, 0.6) is 0 Å². The monoisotopic (exact) mass is 309 g/mol. The molecule has 22 heavy (non-hydrogen) atoms. The second-order valence-electron chi connectivity index (χ2n) is 5.94. The van der Waals surface area contributed by atoms with Gasteiger partial charge in [-0.2, -0.15) is 0 Å². The predicted octanol–water partition coefficient (Wildman–Crippen LogP) is 0.891. The van der Waals surface area contributed by atoms with Crippen molar-refractivity contribution >= 4 is 5.91 Å². The third-order valence-corrected chi connectivity index (χ3v) is 4.19. The van der Waals surface area contributed by atoms with E-state index in [0.717, 1.165) is 38.5 Å². The van der Waals surface area contributed by atoms with E-state index in [4.69, 9.17) is 9.15 Å². The van der Waals surface area contributed by atoms with Gasteiger partial charge in [-0.15, -0.1) is 0 Å². The first kappa shape index (κ1) is 17.0. The Morgan fingerprint density at radius 2 is 2.32 bits per heavy atom. The Morgan fingerprint density at radius 1 is 1.50 bits per heavy atom. The number of carbonyl (C=O) groups is 1. The van der Waals surface area contributed by atoms with Crippen LogP contribution in [0, 0.1) is 0 Å². The summed E-state index contributed by atoms with van der Waals surface area (Å²) in [4.78, 5) is 18.7. The minimum absolute atomic E-state index is 0.133. The van der Waals surface area contributed by atoms with Gasteiger partial charge in [0.15, 0.2) is 0 Å². The van der Waals surface area contributed by atoms with Crippen molar-refractivity contribution in [1.29, 1.82) is 0 Å². The minimum atomic E-state index is 0.133. The number of carbonyl (C=O) groups excluding carboxylic acids is 1. The molecule has 1 aromatic rings. The summed E-state index contributed by atoms with van der Waals surface area (Å²) in [6, 6.07) is 4.18. The summed E-state index contributed by atoms with van der Waals surface area (Å²) in [6.45, 7) is 7.75. The van der Waals surface area contributed by atoms with Gasteiger partial charge in [0.25, 0.3) is 0 Å². The van der Waals surface area contributed by atoms with E-state index >= 15 is 0 Å². The molecular weight excluding hydrogens is 282 g/mol. The summed E-state index contributed by atoms with van der Waals surface area (Å²) in [7, 11) is 3.55. The van der Waals surface area contributed by atoms with Gasteiger partial charge in [0, 0.05) is 46.4 Å². The zero-order valence-corrected chi connectivity index (χ0v) is 13.8. The van der Waals surface area contributed by atoms with Gasteiger partial charge in [-0.25, -0.2) is 0 Å². The van der Waals surface area contributed by atoms with E-state index in [1.165, 1.54) is 0 Å². The van der Waals surface area contributed by atoms with Crippen LogP contribution < -0.4 is 0 Å². The highest BCUT2D eigenvalue weighted by atomic mass is 16.5. The first-order chi connectivity index (χ1) is 10.6. The fraction of sp³-hybridized carbons (Fsp3) is 0.688. The lowest BCUT2D eigenvalue weighted by atomic mass is 10.2. The standard InChI is InChI=1S/C16H27N3O3/c1-14-11-18(6-7-19(14)8-10-21-3)13-16(20)17(2)12-15-5-4-9-22-15/h4-5,9,14H,6-8,10-13H2,1-3H3. The van der Waals surface area contributed by atoms with E-state index in [0.29, 0.717) is 19.1 Å². The molecule has 2 rings (SSSR count). The smallest absolute Gasteiger partial charge is 0.236 e. The number of amides is 1. The largest absolute Gasteiger partial charge is 0.467 e. The van der Waals surface area contributed by atoms with Crippen molar-refractivity contribution in [2.75, 3.05) is 53.5 Å². The third-order valence-electron chi connectivity index (χ3n) is 4.19. The molecule has 0 bridgehead atoms. The predicted molar refractivity (Wildman–Crippen MR) is 84.5 cm³/mol. The van der Waals surface area contributed by atoms with Crippen LogP contribution in [0.3, 0.4) is 0 Å². The van der Waals surface area contributed by atoms with Crippen LogP contribution in [0.25, 0.3) is 0 Å². The lowest BCUT2D eigenvalue weighted by Crippen LogP contribution is -2.54. The molecule has 0 radical (unpaired) electrons. The Labute approximate surface area is 132 Å². The van der Waals surface area contributed by atoms with Crippen molar-refractivity contribution in [2.24, 2.45) is 0 Å². The highest BCUT2D eigenvalue weighted by Crippen LogP contribution is 2.10. The number of rotatable bonds is 7. The second-order valence-corrected chi connectivity index (χ2v) is 5.94. The lowest BCUT2D eigenvalue weighted by molar-refractivity contribution is -0.132. The molecule has 0 aromatic carbocycles. The maximum atomic E-state index is 12.3. The Kier molecular flexibility index (Phi) is 6.42. The van der Waals surface area contributed by atoms with Gasteiger partial charge in [0.05, 0.1) is 26.0 Å². The Morgan fingerprint density at radius 3 is 2.95 bits per heavy atom. The molecule has 0 aliphatic carbocycles. The highest BCUT2D eigenvalue weighted by Gasteiger charge is 2.25. The summed E-state index contributed by atoms with van der Waals surface area (Å²) in [6.07, 6.45) is 1.63. The van der Waals surface area contributed by atoms with Gasteiger partial charge < -0.3 is 14.1 Å². The summed E-state index contributed by atoms with van der Waals surface area (Å²) in [5, 5.41) is 0. The Balaban J connectivity index is 1.75. The summed E-state index contributed by atoms with van der Waals surface area (Å²) in [5.74, 6) is 0.947. The normalized spacial score (nSPS) is 20.2. The SMILES string of the molecule is COCCN1CCN(CC(=O)N(C)Cc2ccco2)CC1C. The average Bonchev–Trinajstić information content (AvgIpc) is 2.99. The van der Waals surface area contributed by atoms with Crippen molar-refractivity contribution in [3.8, 4) is 0 Å². The summed E-state index contributed by atoms with van der Waals surface area (Å²) >= 11 is 0. The fourth-order valence-electron chi connectivity index (χ4n) is 2.79. The number of piperazine rings is 1. The lowest BCUT2D eigenvalue weighted by Gasteiger charge is -2.39. The van der Waals surface area contributed by atoms with Crippen LogP contribution >= 0.6 is 0 Å². The molecule has 1 saturated heterocycles. The van der Waals surface area contributed by atoms with Gasteiger partial charge in [-0.3, -0.25) is 14.6 Å². The van der Waals surface area contributed by atoms with E-state index in [-0.39, 0.29) is 5.91 Å². The molecule has 2 heterocycles. The first-order valence-electron chi connectivity index (χ1n) is 7.82. The number of likely N-dealkylation sites (N-methyl/N-ethyl adjacent to an activating group) is 1. The number of hydrogen-bond acceptors (Lipinski definition) is 5. The van der Waals surface area contributed by atoms with Crippen LogP contribution in [0.1, 0.15) is 12.7 Å². The molecule has 1 fully saturated rings. The molecule has 1 amide bonds. The second kappa shape index (κ2) is 8.31. The number of furan rings is 1. The van der Waals surface area contributed by atoms with E-state index in [2.05, 4.69) is 16.7 Å². The molecule has 124 valence electrons. The van der Waals surface area contributed by atoms with Crippen molar-refractivity contribution < 1.29 is 13.9 Å². The third kappa shape index (κ3) is 4.83. The molecule has 0 N–H and O–H groups in total. The molecule has 0 spiro atoms. The summed E-state index contributed by atoms with van der Waals surface area (Å²) < 4.78 is 10.4. The van der Waals surface area contributed by atoms with E-state index < -0.39 is 0 Å². The quantitative estimate of drug-likeness (QED) is 0.749. The fourth-order valence-corrected chi connectivity index (χ4v) is 2.79. The molecule has 1 aromatic heterocycles. The first-order valence-corrected chi connectivity index (χ1v) is 7.82. The molecule has 1 atom stereocenters. The molecule has 1 aliphatic heterocycles. The van der Waals surface area contributed by atoms with E-state index in [1.54, 1.807) is 18.3 Å². The number of hydrogen-bond donors (Lipinski definition) is 0. The van der Waals surface area contributed by atoms with Crippen LogP contribution in [-0.2, 0) is 16.1 Å². The van der Waals surface area contributed by atoms with Crippen molar-refractivity contribution in [3.63, 3.8) is 0 Å². The molecule has 0 saturated carbocycles. The van der Waals surface area contributed by atoms with Crippen LogP contribution in [0.2, 0.25) is 0 Å². The van der Waals surface area contributed by atoms with E-state index in [9.17, 15) is 4.79 Å². The van der Waals surface area contributed by atoms with Crippen molar-refractivity contribution in [1.82, 2.24) is 14.7 Å². The highest BCUT2D eigenvalue weighted by molar-refractivity contribution is 5.77. The molecular formula is C16H27N3O3. The Bertz CT molecular complexity index is 449. The van der Waals surface area contributed by atoms with Gasteiger partial charge >= 0.3 is 0 Å². The minimum Gasteiger partial charge on any atom is -0.467 e.